The van der Waals surface area contributed by atoms with E-state index >= 15 is 0 Å². The molecule has 0 aliphatic carbocycles. The minimum Gasteiger partial charge on any atom is -0.357 e. The second kappa shape index (κ2) is 7.79. The second-order valence-electron chi connectivity index (χ2n) is 5.14. The van der Waals surface area contributed by atoms with E-state index in [9.17, 15) is 8.42 Å². The van der Waals surface area contributed by atoms with Crippen molar-refractivity contribution in [3.8, 4) is 5.88 Å². The zero-order valence-electron chi connectivity index (χ0n) is 13.6. The summed E-state index contributed by atoms with van der Waals surface area (Å²) in [6, 6.07) is 7.85. The molecule has 0 saturated heterocycles. The van der Waals surface area contributed by atoms with Gasteiger partial charge in [-0.15, -0.1) is 0 Å². The molecule has 126 valence electrons. The van der Waals surface area contributed by atoms with E-state index in [1.165, 1.54) is 18.2 Å². The number of rotatable bonds is 7. The summed E-state index contributed by atoms with van der Waals surface area (Å²) in [5, 5.41) is 3.66. The standard InChI is InChI=1S/C18H19NO4S/c1-4-6-15(7-5-2)12-16-13-18(19-22-16)23-24(20,21)17-10-8-14(3)9-11-17/h4-11,13H,1,12H2,2-3H3/b7-5-,15-6+. The summed E-state index contributed by atoms with van der Waals surface area (Å²) in [5.41, 5.74) is 1.92. The van der Waals surface area contributed by atoms with E-state index in [0.29, 0.717) is 12.2 Å². The number of aryl methyl sites for hydroxylation is 1. The molecule has 0 amide bonds. The van der Waals surface area contributed by atoms with Crippen molar-refractivity contribution in [2.45, 2.75) is 25.2 Å². The van der Waals surface area contributed by atoms with Crippen LogP contribution in [0.1, 0.15) is 18.2 Å². The van der Waals surface area contributed by atoms with Crippen LogP contribution in [-0.2, 0) is 16.5 Å². The van der Waals surface area contributed by atoms with Crippen LogP contribution in [0.4, 0.5) is 0 Å². The van der Waals surface area contributed by atoms with Gasteiger partial charge in [0.25, 0.3) is 5.88 Å². The van der Waals surface area contributed by atoms with Gasteiger partial charge in [-0.05, 0) is 36.7 Å². The Morgan fingerprint density at radius 2 is 2.04 bits per heavy atom. The molecule has 0 unspecified atom stereocenters. The van der Waals surface area contributed by atoms with Crippen LogP contribution in [0.5, 0.6) is 5.88 Å². The maximum absolute atomic E-state index is 12.2. The minimum atomic E-state index is -3.93. The maximum Gasteiger partial charge on any atom is 0.340 e. The average Bonchev–Trinajstić information content (AvgIpc) is 2.94. The van der Waals surface area contributed by atoms with Crippen molar-refractivity contribution >= 4 is 10.1 Å². The number of hydrogen-bond donors (Lipinski definition) is 0. The fourth-order valence-corrected chi connectivity index (χ4v) is 2.89. The van der Waals surface area contributed by atoms with Gasteiger partial charge in [-0.3, -0.25) is 0 Å². The average molecular weight is 345 g/mol. The first-order chi connectivity index (χ1) is 11.4. The van der Waals surface area contributed by atoms with Crippen molar-refractivity contribution in [3.63, 3.8) is 0 Å². The molecule has 0 spiro atoms. The molecular weight excluding hydrogens is 326 g/mol. The lowest BCUT2D eigenvalue weighted by Gasteiger charge is -2.03. The summed E-state index contributed by atoms with van der Waals surface area (Å²) in [7, 11) is -3.93. The fourth-order valence-electron chi connectivity index (χ4n) is 2.02. The highest BCUT2D eigenvalue weighted by molar-refractivity contribution is 7.87. The SMILES string of the molecule is C=C/C=C(\C=C/C)Cc1cc(OS(=O)(=O)c2ccc(C)cc2)no1. The monoisotopic (exact) mass is 345 g/mol. The Morgan fingerprint density at radius 3 is 2.67 bits per heavy atom. The van der Waals surface area contributed by atoms with E-state index in [-0.39, 0.29) is 10.8 Å². The number of allylic oxidation sites excluding steroid dienone is 5. The summed E-state index contributed by atoms with van der Waals surface area (Å²) < 4.78 is 34.6. The second-order valence-corrected chi connectivity index (χ2v) is 6.68. The van der Waals surface area contributed by atoms with Crippen LogP contribution in [0.2, 0.25) is 0 Å². The Kier molecular flexibility index (Phi) is 5.76. The summed E-state index contributed by atoms with van der Waals surface area (Å²) >= 11 is 0. The molecule has 0 N–H and O–H groups in total. The van der Waals surface area contributed by atoms with Gasteiger partial charge in [-0.1, -0.05) is 48.6 Å². The quantitative estimate of drug-likeness (QED) is 0.561. The highest BCUT2D eigenvalue weighted by Crippen LogP contribution is 2.20. The molecule has 0 aliphatic heterocycles. The van der Waals surface area contributed by atoms with Gasteiger partial charge in [0.15, 0.2) is 0 Å². The van der Waals surface area contributed by atoms with E-state index in [1.54, 1.807) is 18.2 Å². The van der Waals surface area contributed by atoms with Crippen molar-refractivity contribution in [2.75, 3.05) is 0 Å². The molecule has 1 aromatic heterocycles. The van der Waals surface area contributed by atoms with Gasteiger partial charge < -0.3 is 8.71 Å². The van der Waals surface area contributed by atoms with Gasteiger partial charge >= 0.3 is 10.1 Å². The van der Waals surface area contributed by atoms with E-state index < -0.39 is 10.1 Å². The largest absolute Gasteiger partial charge is 0.357 e. The maximum atomic E-state index is 12.2. The molecule has 6 heteroatoms. The molecule has 0 saturated carbocycles. The Hall–Kier alpha value is -2.60. The molecule has 0 fully saturated rings. The predicted octanol–water partition coefficient (Wildman–Crippen LogP) is 3.98. The topological polar surface area (TPSA) is 69.4 Å². The van der Waals surface area contributed by atoms with E-state index in [0.717, 1.165) is 11.1 Å². The Balaban J connectivity index is 2.14. The predicted molar refractivity (Wildman–Crippen MR) is 92.3 cm³/mol. The zero-order valence-corrected chi connectivity index (χ0v) is 14.4. The molecule has 0 atom stereocenters. The molecule has 2 aromatic rings. The van der Waals surface area contributed by atoms with E-state index in [4.69, 9.17) is 8.71 Å². The van der Waals surface area contributed by atoms with Crippen molar-refractivity contribution in [1.82, 2.24) is 5.16 Å². The van der Waals surface area contributed by atoms with Crippen molar-refractivity contribution in [1.29, 1.82) is 0 Å². The van der Waals surface area contributed by atoms with Crippen LogP contribution in [0, 0.1) is 6.92 Å². The lowest BCUT2D eigenvalue weighted by molar-refractivity contribution is 0.363. The lowest BCUT2D eigenvalue weighted by Crippen LogP contribution is -2.09. The van der Waals surface area contributed by atoms with Crippen LogP contribution in [-0.4, -0.2) is 13.6 Å². The Bertz CT molecular complexity index is 859. The zero-order chi connectivity index (χ0) is 17.6. The highest BCUT2D eigenvalue weighted by atomic mass is 32.2. The summed E-state index contributed by atoms with van der Waals surface area (Å²) in [5.74, 6) is 0.402. The van der Waals surface area contributed by atoms with Crippen LogP contribution in [0.25, 0.3) is 0 Å². The third-order valence-corrected chi connectivity index (χ3v) is 4.37. The highest BCUT2D eigenvalue weighted by Gasteiger charge is 2.19. The number of nitrogens with zero attached hydrogens (tertiary/aromatic N) is 1. The van der Waals surface area contributed by atoms with Gasteiger partial charge in [-0.2, -0.15) is 8.42 Å². The number of benzene rings is 1. The Morgan fingerprint density at radius 1 is 1.33 bits per heavy atom. The summed E-state index contributed by atoms with van der Waals surface area (Å²) in [6.07, 6.45) is 7.77. The Labute approximate surface area is 142 Å². The first kappa shape index (κ1) is 17.7. The summed E-state index contributed by atoms with van der Waals surface area (Å²) in [4.78, 5) is 0.0683. The van der Waals surface area contributed by atoms with Gasteiger partial charge in [0.1, 0.15) is 10.7 Å². The van der Waals surface area contributed by atoms with E-state index in [2.05, 4.69) is 11.7 Å². The normalized spacial score (nSPS) is 12.5. The third kappa shape index (κ3) is 4.70. The van der Waals surface area contributed by atoms with Crippen LogP contribution >= 0.6 is 0 Å². The molecule has 2 rings (SSSR count). The minimum absolute atomic E-state index is 0.0683. The van der Waals surface area contributed by atoms with Gasteiger partial charge in [0.2, 0.25) is 0 Å². The van der Waals surface area contributed by atoms with Crippen LogP contribution < -0.4 is 4.18 Å². The first-order valence-corrected chi connectivity index (χ1v) is 8.76. The molecule has 0 radical (unpaired) electrons. The van der Waals surface area contributed by atoms with Crippen LogP contribution in [0.3, 0.4) is 0 Å². The molecule has 0 aliphatic rings. The molecule has 1 aromatic carbocycles. The van der Waals surface area contributed by atoms with Crippen molar-refractivity contribution in [3.05, 3.63) is 78.1 Å². The smallest absolute Gasteiger partial charge is 0.340 e. The number of hydrogen-bond acceptors (Lipinski definition) is 5. The van der Waals surface area contributed by atoms with Crippen molar-refractivity contribution in [2.24, 2.45) is 0 Å². The van der Waals surface area contributed by atoms with Gasteiger partial charge in [0, 0.05) is 12.5 Å². The molecule has 5 nitrogen and oxygen atoms in total. The first-order valence-electron chi connectivity index (χ1n) is 7.35. The van der Waals surface area contributed by atoms with Crippen LogP contribution in [0.15, 0.2) is 76.2 Å². The fraction of sp³-hybridized carbons (Fsp3) is 0.167. The lowest BCUT2D eigenvalue weighted by atomic mass is 10.1. The van der Waals surface area contributed by atoms with Gasteiger partial charge in [-0.25, -0.2) is 0 Å². The third-order valence-electron chi connectivity index (χ3n) is 3.13. The van der Waals surface area contributed by atoms with E-state index in [1.807, 2.05) is 32.1 Å². The molecule has 1 heterocycles. The summed E-state index contributed by atoms with van der Waals surface area (Å²) in [6.45, 7) is 7.44. The molecule has 0 bridgehead atoms. The number of aromatic nitrogens is 1. The molecular formula is C18H19NO4S. The van der Waals surface area contributed by atoms with Gasteiger partial charge in [0.05, 0.1) is 0 Å². The molecule has 24 heavy (non-hydrogen) atoms. The van der Waals surface area contributed by atoms with Crippen molar-refractivity contribution < 1.29 is 17.1 Å².